The van der Waals surface area contributed by atoms with E-state index in [1.54, 1.807) is 18.4 Å². The van der Waals surface area contributed by atoms with Crippen molar-refractivity contribution in [2.75, 3.05) is 27.7 Å². The fourth-order valence-electron chi connectivity index (χ4n) is 2.72. The summed E-state index contributed by atoms with van der Waals surface area (Å²) in [6.07, 6.45) is 1.06. The van der Waals surface area contributed by atoms with Crippen molar-refractivity contribution in [2.45, 2.75) is 26.4 Å². The smallest absolute Gasteiger partial charge is 0.191 e. The third-order valence-electron chi connectivity index (χ3n) is 4.03. The summed E-state index contributed by atoms with van der Waals surface area (Å²) in [7, 11) is 5.64. The van der Waals surface area contributed by atoms with Crippen molar-refractivity contribution in [1.82, 2.24) is 15.5 Å². The van der Waals surface area contributed by atoms with Crippen molar-refractivity contribution in [3.05, 3.63) is 57.5 Å². The van der Waals surface area contributed by atoms with Crippen LogP contribution in [0.5, 0.6) is 0 Å². The van der Waals surface area contributed by atoms with Gasteiger partial charge in [-0.05, 0) is 55.6 Å². The number of hydrogen-bond donors (Lipinski definition) is 2. The van der Waals surface area contributed by atoms with E-state index in [0.29, 0.717) is 24.6 Å². The predicted octanol–water partition coefficient (Wildman–Crippen LogP) is 3.49. The molecule has 0 saturated heterocycles. The lowest BCUT2D eigenvalue weighted by Gasteiger charge is -2.16. The number of halogens is 1. The molecule has 0 radical (unpaired) electrons. The molecule has 0 aliphatic carbocycles. The molecule has 1 aromatic heterocycles. The minimum atomic E-state index is -0.160. The first-order chi connectivity index (χ1) is 12.5. The first kappa shape index (κ1) is 20.4. The number of hydrogen-bond acceptors (Lipinski definition) is 3. The van der Waals surface area contributed by atoms with Crippen LogP contribution in [-0.4, -0.2) is 38.5 Å². The van der Waals surface area contributed by atoms with Gasteiger partial charge in [-0.1, -0.05) is 19.1 Å². The van der Waals surface area contributed by atoms with Crippen LogP contribution in [0.4, 0.5) is 4.39 Å². The lowest BCUT2D eigenvalue weighted by molar-refractivity contribution is 0.392. The molecule has 0 aliphatic rings. The maximum absolute atomic E-state index is 13.9. The van der Waals surface area contributed by atoms with Gasteiger partial charge in [0.05, 0.1) is 0 Å². The molecule has 4 nitrogen and oxygen atoms in total. The monoisotopic (exact) mass is 376 g/mol. The molecular formula is C20H29FN4S. The lowest BCUT2D eigenvalue weighted by atomic mass is 10.1. The number of nitrogens with zero attached hydrogens (tertiary/aromatic N) is 2. The quantitative estimate of drug-likeness (QED) is 0.547. The van der Waals surface area contributed by atoms with Crippen LogP contribution in [0.3, 0.4) is 0 Å². The van der Waals surface area contributed by atoms with Crippen molar-refractivity contribution in [1.29, 1.82) is 0 Å². The summed E-state index contributed by atoms with van der Waals surface area (Å²) < 4.78 is 13.9. The third kappa shape index (κ3) is 6.77. The zero-order valence-electron chi connectivity index (χ0n) is 16.1. The normalized spacial score (nSPS) is 13.1. The minimum Gasteiger partial charge on any atom is -0.356 e. The number of guanidine groups is 1. The predicted molar refractivity (Wildman–Crippen MR) is 109 cm³/mol. The van der Waals surface area contributed by atoms with Crippen molar-refractivity contribution >= 4 is 17.3 Å². The Labute approximate surface area is 160 Å². The molecule has 1 heterocycles. The second kappa shape index (κ2) is 10.3. The molecule has 0 amide bonds. The van der Waals surface area contributed by atoms with Gasteiger partial charge in [-0.25, -0.2) is 4.39 Å². The van der Waals surface area contributed by atoms with Crippen LogP contribution in [0.1, 0.15) is 22.9 Å². The Kier molecular flexibility index (Phi) is 8.06. The summed E-state index contributed by atoms with van der Waals surface area (Å²) in [5, 5.41) is 8.79. The van der Waals surface area contributed by atoms with Gasteiger partial charge >= 0.3 is 0 Å². The summed E-state index contributed by atoms with van der Waals surface area (Å²) in [6, 6.07) is 9.53. The number of benzene rings is 1. The average molecular weight is 377 g/mol. The molecule has 2 N–H and O–H groups in total. The van der Waals surface area contributed by atoms with E-state index in [4.69, 9.17) is 0 Å². The lowest BCUT2D eigenvalue weighted by Crippen LogP contribution is -2.39. The molecule has 0 saturated carbocycles. The summed E-state index contributed by atoms with van der Waals surface area (Å²) >= 11 is 1.80. The zero-order chi connectivity index (χ0) is 18.9. The molecule has 2 aromatic rings. The fourth-order valence-corrected chi connectivity index (χ4v) is 3.59. The highest BCUT2D eigenvalue weighted by Crippen LogP contribution is 2.14. The molecule has 1 aromatic carbocycles. The molecule has 0 bridgehead atoms. The summed E-state index contributed by atoms with van der Waals surface area (Å²) in [5.41, 5.74) is 1.75. The molecule has 0 fully saturated rings. The van der Waals surface area contributed by atoms with Gasteiger partial charge in [0.1, 0.15) is 5.82 Å². The third-order valence-corrected chi connectivity index (χ3v) is 4.93. The van der Waals surface area contributed by atoms with Crippen LogP contribution < -0.4 is 10.6 Å². The Balaban J connectivity index is 1.83. The average Bonchev–Trinajstić information content (AvgIpc) is 3.10. The van der Waals surface area contributed by atoms with Gasteiger partial charge in [0.15, 0.2) is 5.96 Å². The molecule has 142 valence electrons. The fraction of sp³-hybridized carbons (Fsp3) is 0.450. The van der Waals surface area contributed by atoms with Crippen molar-refractivity contribution in [3.8, 4) is 0 Å². The Morgan fingerprint density at radius 2 is 2.08 bits per heavy atom. The standard InChI is InChI=1S/C20H29FN4S/c1-15(10-18-6-5-9-26-18)12-23-20(22-2)24-13-16-7-8-19(21)17(11-16)14-25(3)4/h5-9,11,15H,10,12-14H2,1-4H3,(H2,22,23,24). The molecular weight excluding hydrogens is 347 g/mol. The number of thiophene rings is 1. The van der Waals surface area contributed by atoms with Gasteiger partial charge < -0.3 is 15.5 Å². The van der Waals surface area contributed by atoms with Crippen LogP contribution in [0.2, 0.25) is 0 Å². The van der Waals surface area contributed by atoms with E-state index in [2.05, 4.69) is 40.1 Å². The second-order valence-electron chi connectivity index (χ2n) is 6.86. The van der Waals surface area contributed by atoms with Crippen LogP contribution in [-0.2, 0) is 19.5 Å². The van der Waals surface area contributed by atoms with Crippen LogP contribution in [0, 0.1) is 11.7 Å². The van der Waals surface area contributed by atoms with Crippen LogP contribution in [0.15, 0.2) is 40.7 Å². The molecule has 1 atom stereocenters. The van der Waals surface area contributed by atoms with Gasteiger partial charge in [-0.2, -0.15) is 0 Å². The topological polar surface area (TPSA) is 39.7 Å². The van der Waals surface area contributed by atoms with E-state index in [9.17, 15) is 4.39 Å². The van der Waals surface area contributed by atoms with Gasteiger partial charge in [-0.15, -0.1) is 11.3 Å². The van der Waals surface area contributed by atoms with E-state index < -0.39 is 0 Å². The molecule has 26 heavy (non-hydrogen) atoms. The molecule has 0 spiro atoms. The molecule has 2 rings (SSSR count). The van der Waals surface area contributed by atoms with Gasteiger partial charge in [0, 0.05) is 37.1 Å². The van der Waals surface area contributed by atoms with Gasteiger partial charge in [-0.3, -0.25) is 4.99 Å². The Hall–Kier alpha value is -1.92. The van der Waals surface area contributed by atoms with E-state index in [1.165, 1.54) is 10.9 Å². The zero-order valence-corrected chi connectivity index (χ0v) is 16.9. The van der Waals surface area contributed by atoms with E-state index in [-0.39, 0.29) is 5.82 Å². The highest BCUT2D eigenvalue weighted by Gasteiger charge is 2.08. The maximum Gasteiger partial charge on any atom is 0.191 e. The summed E-state index contributed by atoms with van der Waals surface area (Å²) in [5.74, 6) is 1.12. The highest BCUT2D eigenvalue weighted by molar-refractivity contribution is 7.09. The molecule has 1 unspecified atom stereocenters. The number of rotatable bonds is 8. The van der Waals surface area contributed by atoms with Crippen LogP contribution in [0.25, 0.3) is 0 Å². The number of aliphatic imine (C=N–C) groups is 1. The van der Waals surface area contributed by atoms with Gasteiger partial charge in [0.25, 0.3) is 0 Å². The summed E-state index contributed by atoms with van der Waals surface area (Å²) in [6.45, 7) is 4.28. The minimum absolute atomic E-state index is 0.160. The maximum atomic E-state index is 13.9. The van der Waals surface area contributed by atoms with Crippen LogP contribution >= 0.6 is 11.3 Å². The first-order valence-corrected chi connectivity index (χ1v) is 9.74. The Morgan fingerprint density at radius 1 is 1.27 bits per heavy atom. The van der Waals surface area contributed by atoms with Gasteiger partial charge in [0.2, 0.25) is 0 Å². The largest absolute Gasteiger partial charge is 0.356 e. The van der Waals surface area contributed by atoms with Crippen molar-refractivity contribution < 1.29 is 4.39 Å². The Bertz CT molecular complexity index is 698. The Morgan fingerprint density at radius 3 is 2.73 bits per heavy atom. The molecule has 0 aliphatic heterocycles. The van der Waals surface area contributed by atoms with Crippen molar-refractivity contribution in [2.24, 2.45) is 10.9 Å². The van der Waals surface area contributed by atoms with E-state index >= 15 is 0 Å². The molecule has 6 heteroatoms. The SMILES string of the molecule is CN=C(NCc1ccc(F)c(CN(C)C)c1)NCC(C)Cc1cccs1. The summed E-state index contributed by atoms with van der Waals surface area (Å²) in [4.78, 5) is 7.64. The first-order valence-electron chi connectivity index (χ1n) is 8.87. The van der Waals surface area contributed by atoms with E-state index in [1.807, 2.05) is 31.1 Å². The van der Waals surface area contributed by atoms with Crippen molar-refractivity contribution in [3.63, 3.8) is 0 Å². The second-order valence-corrected chi connectivity index (χ2v) is 7.89. The number of nitrogens with one attached hydrogen (secondary N) is 2. The highest BCUT2D eigenvalue weighted by atomic mass is 32.1. The van der Waals surface area contributed by atoms with E-state index in [0.717, 1.165) is 24.5 Å².